The quantitative estimate of drug-likeness (QED) is 0.831. The fourth-order valence-electron chi connectivity index (χ4n) is 3.00. The van der Waals surface area contributed by atoms with Gasteiger partial charge in [0.25, 0.3) is 0 Å². The maximum atomic E-state index is 12.9. The Labute approximate surface area is 107 Å². The third kappa shape index (κ3) is 2.54. The lowest BCUT2D eigenvalue weighted by atomic mass is 9.85. The predicted molar refractivity (Wildman–Crippen MR) is 66.6 cm³/mol. The van der Waals surface area contributed by atoms with E-state index in [2.05, 4.69) is 10.3 Å². The van der Waals surface area contributed by atoms with Crippen LogP contribution in [0.1, 0.15) is 37.5 Å². The molecule has 3 atom stereocenters. The van der Waals surface area contributed by atoms with Crippen molar-refractivity contribution in [3.63, 3.8) is 0 Å². The summed E-state index contributed by atoms with van der Waals surface area (Å²) in [5, 5.41) is 3.59. The monoisotopic (exact) mass is 250 g/mol. The summed E-state index contributed by atoms with van der Waals surface area (Å²) in [6.45, 7) is 1.57. The van der Waals surface area contributed by atoms with Crippen LogP contribution in [0, 0.1) is 11.7 Å². The van der Waals surface area contributed by atoms with Crippen molar-refractivity contribution in [3.05, 3.63) is 29.8 Å². The SMILES string of the molecule is Fc1ccc(C2CNC3CCCCC3CO2)nc1. The molecule has 2 heterocycles. The van der Waals surface area contributed by atoms with Crippen LogP contribution in [0.4, 0.5) is 4.39 Å². The van der Waals surface area contributed by atoms with Crippen LogP contribution in [0.15, 0.2) is 18.3 Å². The van der Waals surface area contributed by atoms with Crippen LogP contribution in [0.2, 0.25) is 0 Å². The summed E-state index contributed by atoms with van der Waals surface area (Å²) < 4.78 is 18.8. The molecule has 3 nitrogen and oxygen atoms in total. The fourth-order valence-corrected chi connectivity index (χ4v) is 3.00. The Balaban J connectivity index is 1.69. The van der Waals surface area contributed by atoms with Crippen molar-refractivity contribution in [1.82, 2.24) is 10.3 Å². The van der Waals surface area contributed by atoms with Gasteiger partial charge in [-0.05, 0) is 30.9 Å². The minimum Gasteiger partial charge on any atom is -0.370 e. The maximum absolute atomic E-state index is 12.9. The minimum atomic E-state index is -0.297. The van der Waals surface area contributed by atoms with Gasteiger partial charge >= 0.3 is 0 Å². The first-order chi connectivity index (χ1) is 8.83. The van der Waals surface area contributed by atoms with Gasteiger partial charge in [0.2, 0.25) is 0 Å². The fraction of sp³-hybridized carbons (Fsp3) is 0.643. The molecular formula is C14H19FN2O. The van der Waals surface area contributed by atoms with Gasteiger partial charge in [0.15, 0.2) is 0 Å². The highest BCUT2D eigenvalue weighted by Crippen LogP contribution is 2.29. The van der Waals surface area contributed by atoms with Gasteiger partial charge < -0.3 is 10.1 Å². The molecule has 1 N–H and O–H groups in total. The van der Waals surface area contributed by atoms with E-state index < -0.39 is 0 Å². The van der Waals surface area contributed by atoms with E-state index in [9.17, 15) is 4.39 Å². The molecule has 1 aromatic heterocycles. The summed E-state index contributed by atoms with van der Waals surface area (Å²) in [5.74, 6) is 0.332. The normalized spacial score (nSPS) is 32.6. The second kappa shape index (κ2) is 5.33. The zero-order valence-corrected chi connectivity index (χ0v) is 10.4. The molecule has 1 aromatic rings. The number of nitrogens with zero attached hydrogens (tertiary/aromatic N) is 1. The van der Waals surface area contributed by atoms with E-state index in [4.69, 9.17) is 4.74 Å². The Kier molecular flexibility index (Phi) is 3.57. The van der Waals surface area contributed by atoms with Crippen LogP contribution in [0.3, 0.4) is 0 Å². The van der Waals surface area contributed by atoms with Gasteiger partial charge in [0.05, 0.1) is 18.5 Å². The number of nitrogens with one attached hydrogen (secondary N) is 1. The summed E-state index contributed by atoms with van der Waals surface area (Å²) in [6.07, 6.45) is 6.34. The Morgan fingerprint density at radius 3 is 3.00 bits per heavy atom. The van der Waals surface area contributed by atoms with Gasteiger partial charge in [0, 0.05) is 12.6 Å². The van der Waals surface area contributed by atoms with E-state index in [1.54, 1.807) is 6.07 Å². The third-order valence-corrected chi connectivity index (χ3v) is 4.07. The predicted octanol–water partition coefficient (Wildman–Crippen LogP) is 2.44. The van der Waals surface area contributed by atoms with Crippen molar-refractivity contribution in [2.24, 2.45) is 5.92 Å². The molecule has 1 aliphatic heterocycles. The van der Waals surface area contributed by atoms with Crippen molar-refractivity contribution in [2.45, 2.75) is 37.8 Å². The largest absolute Gasteiger partial charge is 0.370 e. The van der Waals surface area contributed by atoms with E-state index in [1.807, 2.05) is 0 Å². The van der Waals surface area contributed by atoms with E-state index in [-0.39, 0.29) is 11.9 Å². The highest BCUT2D eigenvalue weighted by Gasteiger charge is 2.30. The number of hydrogen-bond acceptors (Lipinski definition) is 3. The van der Waals surface area contributed by atoms with Crippen molar-refractivity contribution < 1.29 is 9.13 Å². The number of halogens is 1. The molecule has 0 spiro atoms. The van der Waals surface area contributed by atoms with Crippen LogP contribution in [-0.4, -0.2) is 24.2 Å². The van der Waals surface area contributed by atoms with Crippen LogP contribution >= 0.6 is 0 Å². The number of aromatic nitrogens is 1. The summed E-state index contributed by atoms with van der Waals surface area (Å²) in [6, 6.07) is 3.75. The molecule has 0 bridgehead atoms. The molecule has 3 rings (SSSR count). The van der Waals surface area contributed by atoms with Gasteiger partial charge in [-0.2, -0.15) is 0 Å². The zero-order chi connectivity index (χ0) is 12.4. The smallest absolute Gasteiger partial charge is 0.141 e. The number of pyridine rings is 1. The first kappa shape index (κ1) is 12.1. The Hall–Kier alpha value is -1.00. The molecule has 1 aliphatic carbocycles. The van der Waals surface area contributed by atoms with Gasteiger partial charge in [0.1, 0.15) is 11.9 Å². The van der Waals surface area contributed by atoms with E-state index in [0.29, 0.717) is 12.0 Å². The topological polar surface area (TPSA) is 34.1 Å². The third-order valence-electron chi connectivity index (χ3n) is 4.07. The summed E-state index contributed by atoms with van der Waals surface area (Å²) in [5.41, 5.74) is 0.822. The van der Waals surface area contributed by atoms with Crippen molar-refractivity contribution in [3.8, 4) is 0 Å². The molecule has 1 saturated heterocycles. The molecule has 98 valence electrons. The number of hydrogen-bond donors (Lipinski definition) is 1. The maximum Gasteiger partial charge on any atom is 0.141 e. The van der Waals surface area contributed by atoms with Crippen molar-refractivity contribution in [1.29, 1.82) is 0 Å². The second-order valence-corrected chi connectivity index (χ2v) is 5.28. The number of fused-ring (bicyclic) bond motifs is 1. The molecule has 2 aliphatic rings. The molecule has 2 fully saturated rings. The summed E-state index contributed by atoms with van der Waals surface area (Å²) in [4.78, 5) is 4.12. The molecule has 1 saturated carbocycles. The van der Waals surface area contributed by atoms with E-state index >= 15 is 0 Å². The van der Waals surface area contributed by atoms with Crippen molar-refractivity contribution >= 4 is 0 Å². The van der Waals surface area contributed by atoms with Crippen LogP contribution in [0.25, 0.3) is 0 Å². The molecule has 0 radical (unpaired) electrons. The van der Waals surface area contributed by atoms with Gasteiger partial charge in [-0.15, -0.1) is 0 Å². The Bertz CT molecular complexity index is 379. The van der Waals surface area contributed by atoms with E-state index in [1.165, 1.54) is 37.9 Å². The molecule has 18 heavy (non-hydrogen) atoms. The molecular weight excluding hydrogens is 231 g/mol. The Morgan fingerprint density at radius 1 is 1.28 bits per heavy atom. The average molecular weight is 250 g/mol. The number of ether oxygens (including phenoxy) is 1. The van der Waals surface area contributed by atoms with Crippen molar-refractivity contribution in [2.75, 3.05) is 13.2 Å². The van der Waals surface area contributed by atoms with Crippen LogP contribution in [-0.2, 0) is 4.74 Å². The van der Waals surface area contributed by atoms with Gasteiger partial charge in [-0.25, -0.2) is 4.39 Å². The standard InChI is InChI=1S/C14H19FN2O/c15-11-5-6-13(16-7-11)14-8-17-12-4-2-1-3-10(12)9-18-14/h5-7,10,12,14,17H,1-4,8-9H2. The zero-order valence-electron chi connectivity index (χ0n) is 10.4. The summed E-state index contributed by atoms with van der Waals surface area (Å²) >= 11 is 0. The molecule has 0 aromatic carbocycles. The number of rotatable bonds is 1. The van der Waals surface area contributed by atoms with Gasteiger partial charge in [-0.1, -0.05) is 12.8 Å². The van der Waals surface area contributed by atoms with Crippen LogP contribution < -0.4 is 5.32 Å². The first-order valence-corrected chi connectivity index (χ1v) is 6.79. The lowest BCUT2D eigenvalue weighted by Crippen LogP contribution is -2.38. The summed E-state index contributed by atoms with van der Waals surface area (Å²) in [7, 11) is 0. The highest BCUT2D eigenvalue weighted by atomic mass is 19.1. The minimum absolute atomic E-state index is 0.0452. The first-order valence-electron chi connectivity index (χ1n) is 6.79. The van der Waals surface area contributed by atoms with E-state index in [0.717, 1.165) is 18.8 Å². The lowest BCUT2D eigenvalue weighted by Gasteiger charge is -2.29. The average Bonchev–Trinajstić information content (AvgIpc) is 2.62. The molecule has 3 unspecified atom stereocenters. The lowest BCUT2D eigenvalue weighted by molar-refractivity contribution is 0.0377. The highest BCUT2D eigenvalue weighted by molar-refractivity contribution is 5.09. The second-order valence-electron chi connectivity index (χ2n) is 5.28. The Morgan fingerprint density at radius 2 is 2.17 bits per heavy atom. The molecule has 4 heteroatoms. The van der Waals surface area contributed by atoms with Crippen LogP contribution in [0.5, 0.6) is 0 Å². The molecule has 0 amide bonds. The van der Waals surface area contributed by atoms with Gasteiger partial charge in [-0.3, -0.25) is 4.98 Å².